The fourth-order valence-electron chi connectivity index (χ4n) is 3.25. The number of aromatic hydroxyl groups is 1. The topological polar surface area (TPSA) is 108 Å². The summed E-state index contributed by atoms with van der Waals surface area (Å²) in [5, 5.41) is 24.8. The summed E-state index contributed by atoms with van der Waals surface area (Å²) >= 11 is 0. The summed E-state index contributed by atoms with van der Waals surface area (Å²) in [6, 6.07) is 24.2. The van der Waals surface area contributed by atoms with Crippen LogP contribution in [0.25, 0.3) is 10.8 Å². The molecule has 0 spiro atoms. The molecule has 0 atom stereocenters. The number of benzene rings is 4. The number of carboxylic acid groups (broad SMARTS) is 1. The minimum Gasteiger partial charge on any atom is -0.507 e. The van der Waals surface area contributed by atoms with Crippen molar-refractivity contribution in [2.75, 3.05) is 0 Å². The van der Waals surface area contributed by atoms with E-state index in [0.717, 1.165) is 21.9 Å². The molecule has 0 saturated heterocycles. The van der Waals surface area contributed by atoms with Crippen molar-refractivity contribution >= 4 is 28.9 Å². The van der Waals surface area contributed by atoms with Gasteiger partial charge in [-0.2, -0.15) is 5.10 Å². The van der Waals surface area contributed by atoms with Gasteiger partial charge in [-0.15, -0.1) is 0 Å². The second-order valence-corrected chi connectivity index (χ2v) is 7.28. The monoisotopic (exact) mass is 440 g/mol. The van der Waals surface area contributed by atoms with E-state index in [1.165, 1.54) is 12.3 Å². The highest BCUT2D eigenvalue weighted by Gasteiger charge is 2.11. The molecule has 0 aliphatic rings. The average molecular weight is 440 g/mol. The number of fused-ring (bicyclic) bond motifs is 1. The zero-order valence-electron chi connectivity index (χ0n) is 17.4. The Morgan fingerprint density at radius 3 is 2.36 bits per heavy atom. The van der Waals surface area contributed by atoms with Gasteiger partial charge in [-0.1, -0.05) is 36.4 Å². The van der Waals surface area contributed by atoms with E-state index < -0.39 is 11.9 Å². The summed E-state index contributed by atoms with van der Waals surface area (Å²) in [7, 11) is 0. The molecule has 0 radical (unpaired) electrons. The third-order valence-electron chi connectivity index (χ3n) is 4.95. The zero-order chi connectivity index (χ0) is 23.2. The summed E-state index contributed by atoms with van der Waals surface area (Å²) in [5.74, 6) is -1.00. The van der Waals surface area contributed by atoms with Gasteiger partial charge in [0, 0.05) is 0 Å². The van der Waals surface area contributed by atoms with Gasteiger partial charge in [0.2, 0.25) is 0 Å². The average Bonchev–Trinajstić information content (AvgIpc) is 2.83. The number of aromatic carboxylic acids is 1. The lowest BCUT2D eigenvalue weighted by Crippen LogP contribution is -2.17. The Morgan fingerprint density at radius 2 is 1.64 bits per heavy atom. The molecule has 4 aromatic rings. The Balaban J connectivity index is 1.35. The number of nitrogens with one attached hydrogen (secondary N) is 1. The Bertz CT molecular complexity index is 1350. The van der Waals surface area contributed by atoms with Gasteiger partial charge in [-0.3, -0.25) is 4.79 Å². The van der Waals surface area contributed by atoms with Crippen molar-refractivity contribution < 1.29 is 24.5 Å². The Kier molecular flexibility index (Phi) is 6.31. The number of hydrogen-bond acceptors (Lipinski definition) is 5. The van der Waals surface area contributed by atoms with Gasteiger partial charge >= 0.3 is 5.97 Å². The van der Waals surface area contributed by atoms with Crippen molar-refractivity contribution in [1.82, 2.24) is 5.43 Å². The van der Waals surface area contributed by atoms with Gasteiger partial charge in [0.05, 0.1) is 17.3 Å². The Morgan fingerprint density at radius 1 is 0.909 bits per heavy atom. The second kappa shape index (κ2) is 9.65. The first-order valence-corrected chi connectivity index (χ1v) is 10.1. The molecule has 0 fully saturated rings. The minimum absolute atomic E-state index is 0.114. The highest BCUT2D eigenvalue weighted by Crippen LogP contribution is 2.24. The summed E-state index contributed by atoms with van der Waals surface area (Å²) in [6.45, 7) is 0.236. The standard InChI is InChI=1S/C26H20N2O5/c29-24-14-20-6-2-1-5-19(20)13-23(24)25(30)28-27-15-17-8-10-22(11-9-17)33-16-18-4-3-7-21(12-18)26(31)32/h1-15,29H,16H2,(H,28,30)(H,31,32). The van der Waals surface area contributed by atoms with Gasteiger partial charge in [0.1, 0.15) is 18.1 Å². The van der Waals surface area contributed by atoms with Crippen molar-refractivity contribution in [3.8, 4) is 11.5 Å². The summed E-state index contributed by atoms with van der Waals surface area (Å²) in [4.78, 5) is 23.4. The van der Waals surface area contributed by atoms with Crippen LogP contribution in [0.4, 0.5) is 0 Å². The fourth-order valence-corrected chi connectivity index (χ4v) is 3.25. The third kappa shape index (κ3) is 5.34. The molecule has 0 bridgehead atoms. The molecule has 164 valence electrons. The highest BCUT2D eigenvalue weighted by molar-refractivity contribution is 6.01. The maximum absolute atomic E-state index is 12.4. The molecule has 3 N–H and O–H groups in total. The third-order valence-corrected chi connectivity index (χ3v) is 4.95. The summed E-state index contributed by atoms with van der Waals surface area (Å²) < 4.78 is 5.70. The minimum atomic E-state index is -0.983. The molecule has 4 aromatic carbocycles. The normalized spacial score (nSPS) is 10.9. The van der Waals surface area contributed by atoms with Crippen LogP contribution in [0, 0.1) is 0 Å². The molecular weight excluding hydrogens is 420 g/mol. The molecule has 7 nitrogen and oxygen atoms in total. The van der Waals surface area contributed by atoms with E-state index in [9.17, 15) is 14.7 Å². The van der Waals surface area contributed by atoms with Crippen LogP contribution in [-0.2, 0) is 6.61 Å². The molecule has 0 heterocycles. The number of phenolic OH excluding ortho intramolecular Hbond substituents is 1. The van der Waals surface area contributed by atoms with E-state index in [2.05, 4.69) is 10.5 Å². The SMILES string of the molecule is O=C(O)c1cccc(COc2ccc(C=NNC(=O)c3cc4ccccc4cc3O)cc2)c1. The van der Waals surface area contributed by atoms with Crippen LogP contribution in [0.5, 0.6) is 11.5 Å². The van der Waals surface area contributed by atoms with Crippen molar-refractivity contribution in [2.45, 2.75) is 6.61 Å². The first-order valence-electron chi connectivity index (χ1n) is 10.1. The number of hydrogen-bond donors (Lipinski definition) is 3. The maximum atomic E-state index is 12.4. The van der Waals surface area contributed by atoms with Crippen LogP contribution in [0.1, 0.15) is 31.8 Å². The quantitative estimate of drug-likeness (QED) is 0.288. The van der Waals surface area contributed by atoms with E-state index >= 15 is 0 Å². The van der Waals surface area contributed by atoms with Gasteiger partial charge in [0.25, 0.3) is 5.91 Å². The largest absolute Gasteiger partial charge is 0.507 e. The molecule has 7 heteroatoms. The van der Waals surface area contributed by atoms with Gasteiger partial charge in [-0.25, -0.2) is 10.2 Å². The van der Waals surface area contributed by atoms with Crippen LogP contribution in [0.2, 0.25) is 0 Å². The molecule has 1 amide bonds. The lowest BCUT2D eigenvalue weighted by Gasteiger charge is -2.07. The van der Waals surface area contributed by atoms with Gasteiger partial charge in [0.15, 0.2) is 0 Å². The molecule has 0 aliphatic heterocycles. The van der Waals surface area contributed by atoms with Crippen LogP contribution in [0.15, 0.2) is 90.0 Å². The predicted molar refractivity (Wildman–Crippen MR) is 125 cm³/mol. The zero-order valence-corrected chi connectivity index (χ0v) is 17.4. The molecule has 0 aliphatic carbocycles. The number of nitrogens with zero attached hydrogens (tertiary/aromatic N) is 1. The van der Waals surface area contributed by atoms with Gasteiger partial charge < -0.3 is 14.9 Å². The molecule has 4 rings (SSSR count). The van der Waals surface area contributed by atoms with Crippen molar-refractivity contribution in [3.05, 3.63) is 107 Å². The lowest BCUT2D eigenvalue weighted by atomic mass is 10.1. The molecule has 0 saturated carbocycles. The fraction of sp³-hybridized carbons (Fsp3) is 0.0385. The smallest absolute Gasteiger partial charge is 0.335 e. The second-order valence-electron chi connectivity index (χ2n) is 7.28. The molecule has 0 aromatic heterocycles. The number of hydrazone groups is 1. The first-order chi connectivity index (χ1) is 16.0. The van der Waals surface area contributed by atoms with Crippen molar-refractivity contribution in [2.24, 2.45) is 5.10 Å². The van der Waals surface area contributed by atoms with Gasteiger partial charge in [-0.05, 0) is 70.4 Å². The van der Waals surface area contributed by atoms with Crippen LogP contribution >= 0.6 is 0 Å². The van der Waals surface area contributed by atoms with E-state index in [1.807, 2.05) is 24.3 Å². The van der Waals surface area contributed by atoms with Crippen LogP contribution in [-0.4, -0.2) is 28.3 Å². The highest BCUT2D eigenvalue weighted by atomic mass is 16.5. The molecule has 0 unspecified atom stereocenters. The molecular formula is C26H20N2O5. The molecule has 33 heavy (non-hydrogen) atoms. The number of rotatable bonds is 7. The van der Waals surface area contributed by atoms with E-state index in [0.29, 0.717) is 5.75 Å². The van der Waals surface area contributed by atoms with Crippen molar-refractivity contribution in [1.29, 1.82) is 0 Å². The number of amides is 1. The van der Waals surface area contributed by atoms with Crippen molar-refractivity contribution in [3.63, 3.8) is 0 Å². The van der Waals surface area contributed by atoms with E-state index in [4.69, 9.17) is 9.84 Å². The lowest BCUT2D eigenvalue weighted by molar-refractivity contribution is 0.0696. The van der Waals surface area contributed by atoms with E-state index in [-0.39, 0.29) is 23.5 Å². The number of ether oxygens (including phenoxy) is 1. The summed E-state index contributed by atoms with van der Waals surface area (Å²) in [6.07, 6.45) is 1.48. The maximum Gasteiger partial charge on any atom is 0.335 e. The van der Waals surface area contributed by atoms with Crippen LogP contribution < -0.4 is 10.2 Å². The Labute approximate surface area is 189 Å². The first kappa shape index (κ1) is 21.6. The van der Waals surface area contributed by atoms with E-state index in [1.54, 1.807) is 54.6 Å². The number of carbonyl (C=O) groups is 2. The predicted octanol–water partition coefficient (Wildman–Crippen LogP) is 4.59. The summed E-state index contributed by atoms with van der Waals surface area (Å²) in [5.41, 5.74) is 4.25. The number of phenols is 1. The number of carbonyl (C=O) groups excluding carboxylic acids is 1. The Hall–Kier alpha value is -4.65. The van der Waals surface area contributed by atoms with Crippen LogP contribution in [0.3, 0.4) is 0 Å². The number of carboxylic acids is 1.